The number of nitrogens with two attached hydrogens (primary N) is 1. The van der Waals surface area contributed by atoms with E-state index in [0.29, 0.717) is 10.5 Å². The van der Waals surface area contributed by atoms with E-state index in [9.17, 15) is 28.7 Å². The number of hydrogen-bond acceptors (Lipinski definition) is 10. The number of aromatic nitrogens is 1. The number of alkyl halides is 1. The highest BCUT2D eigenvalue weighted by molar-refractivity contribution is 7.19. The number of carboxylic acids is 1. The molecule has 0 spiro atoms. The Hall–Kier alpha value is -3.89. The van der Waals surface area contributed by atoms with Gasteiger partial charge in [0.1, 0.15) is 28.5 Å². The highest BCUT2D eigenvalue weighted by Crippen LogP contribution is 2.35. The number of amides is 4. The summed E-state index contributed by atoms with van der Waals surface area (Å²) in [5.74, 6) is -3.68. The highest BCUT2D eigenvalue weighted by Gasteiger charge is 2.41. The van der Waals surface area contributed by atoms with Gasteiger partial charge in [0, 0.05) is 32.4 Å². The summed E-state index contributed by atoms with van der Waals surface area (Å²) >= 11 is 7.31. The zero-order valence-corrected chi connectivity index (χ0v) is 25.6. The fourth-order valence-corrected chi connectivity index (χ4v) is 5.68. The maximum Gasteiger partial charge on any atom is 0.549 e. The standard InChI is InChI=1S/C23H25BClFN6O7S.C4H8/c1-11(28-14-10-12-4-3-5-13(21(35)36)17(12)39-24(14)38-2)15(16-18(25)40-22(27)29-16)30-23(37)32-9-8-31(7-6-26)19(33)20(32)34;1-2-4-3-1/h3-5,14-15,28H,1,6-10H2,2H3,(H2,27,29)(H,30,37)(H,35,36);1-4H2. The van der Waals surface area contributed by atoms with Gasteiger partial charge in [-0.2, -0.15) is 0 Å². The quantitative estimate of drug-likeness (QED) is 0.233. The Kier molecular flexibility index (Phi) is 11.1. The molecule has 1 aromatic heterocycles. The third-order valence-corrected chi connectivity index (χ3v) is 8.47. The molecule has 2 aromatic rings. The van der Waals surface area contributed by atoms with Crippen LogP contribution in [-0.2, 0) is 20.7 Å². The van der Waals surface area contributed by atoms with Crippen molar-refractivity contribution in [1.29, 1.82) is 0 Å². The normalized spacial score (nSPS) is 18.2. The van der Waals surface area contributed by atoms with E-state index in [1.54, 1.807) is 12.1 Å². The zero-order valence-electron chi connectivity index (χ0n) is 24.0. The first-order chi connectivity index (χ1) is 21.0. The summed E-state index contributed by atoms with van der Waals surface area (Å²) in [7, 11) is 0.443. The van der Waals surface area contributed by atoms with Crippen molar-refractivity contribution in [2.45, 2.75) is 44.1 Å². The third-order valence-electron chi connectivity index (χ3n) is 7.36. The number of hydrogen-bond donors (Lipinski definition) is 4. The molecule has 3 aliphatic rings. The molecule has 2 unspecified atom stereocenters. The molecule has 4 amide bonds. The first kappa shape index (κ1) is 33.0. The van der Waals surface area contributed by atoms with Crippen molar-refractivity contribution in [3.8, 4) is 5.75 Å². The number of anilines is 1. The molecule has 0 bridgehead atoms. The van der Waals surface area contributed by atoms with Gasteiger partial charge >= 0.3 is 30.9 Å². The lowest BCUT2D eigenvalue weighted by Crippen LogP contribution is -2.59. The number of piperazine rings is 1. The monoisotopic (exact) mass is 650 g/mol. The lowest BCUT2D eigenvalue weighted by atomic mass is 9.71. The SMILES string of the molecule is C1CCC1.C=C(NC1Cc2cccc(C(=O)O)c2OB1OC)C(NC(=O)N1CCN(CCF)C(=O)C1=O)c1nc(N)sc1Cl. The van der Waals surface area contributed by atoms with Crippen LogP contribution in [0.1, 0.15) is 53.3 Å². The lowest BCUT2D eigenvalue weighted by Gasteiger charge is -2.35. The van der Waals surface area contributed by atoms with Crippen LogP contribution < -0.4 is 21.0 Å². The van der Waals surface area contributed by atoms with Gasteiger partial charge in [0.25, 0.3) is 0 Å². The van der Waals surface area contributed by atoms with E-state index in [2.05, 4.69) is 22.2 Å². The van der Waals surface area contributed by atoms with Crippen molar-refractivity contribution in [1.82, 2.24) is 25.4 Å². The molecule has 2 atom stereocenters. The number of aromatic carboxylic acids is 1. The predicted octanol–water partition coefficient (Wildman–Crippen LogP) is 2.81. The fourth-order valence-electron chi connectivity index (χ4n) is 4.70. The van der Waals surface area contributed by atoms with Crippen molar-refractivity contribution in [2.75, 3.05) is 39.2 Å². The van der Waals surface area contributed by atoms with Gasteiger partial charge < -0.3 is 35.7 Å². The first-order valence-electron chi connectivity index (χ1n) is 13.9. The second-order valence-electron chi connectivity index (χ2n) is 10.2. The maximum absolute atomic E-state index is 13.2. The summed E-state index contributed by atoms with van der Waals surface area (Å²) in [6, 6.07) is 2.69. The topological polar surface area (TPSA) is 176 Å². The summed E-state index contributed by atoms with van der Waals surface area (Å²) in [5.41, 5.74) is 6.72. The number of para-hydroxylation sites is 1. The number of benzene rings is 1. The lowest BCUT2D eigenvalue weighted by molar-refractivity contribution is -0.153. The van der Waals surface area contributed by atoms with Gasteiger partial charge in [0.2, 0.25) is 0 Å². The Morgan fingerprint density at radius 3 is 2.57 bits per heavy atom. The molecule has 1 aromatic carbocycles. The third kappa shape index (κ3) is 7.42. The van der Waals surface area contributed by atoms with Crippen LogP contribution in [0.2, 0.25) is 4.34 Å². The number of imide groups is 1. The second-order valence-corrected chi connectivity index (χ2v) is 11.9. The van der Waals surface area contributed by atoms with Gasteiger partial charge in [-0.1, -0.05) is 67.3 Å². The fraction of sp³-hybridized carbons (Fsp3) is 0.444. The zero-order chi connectivity index (χ0) is 32.0. The largest absolute Gasteiger partial charge is 0.549 e. The Labute approximate surface area is 262 Å². The molecule has 5 rings (SSSR count). The van der Waals surface area contributed by atoms with Crippen LogP contribution in [-0.4, -0.2) is 90.2 Å². The minimum absolute atomic E-state index is 0.0162. The number of carboxylic acid groups (broad SMARTS) is 1. The summed E-state index contributed by atoms with van der Waals surface area (Å²) in [4.78, 5) is 55.7. The van der Waals surface area contributed by atoms with Crippen molar-refractivity contribution in [3.05, 3.63) is 51.6 Å². The molecule has 1 saturated heterocycles. The van der Waals surface area contributed by atoms with Gasteiger partial charge in [0.05, 0.1) is 11.5 Å². The van der Waals surface area contributed by atoms with Gasteiger partial charge in [0.15, 0.2) is 5.13 Å². The average molecular weight is 651 g/mol. The summed E-state index contributed by atoms with van der Waals surface area (Å²) in [6.07, 6.45) is 6.27. The van der Waals surface area contributed by atoms with Crippen molar-refractivity contribution >= 4 is 59.0 Å². The van der Waals surface area contributed by atoms with Crippen LogP contribution in [0.15, 0.2) is 30.5 Å². The number of thiazole rings is 1. The number of nitrogens with zero attached hydrogens (tertiary/aromatic N) is 3. The Bertz CT molecular complexity index is 1420. The molecule has 13 nitrogen and oxygen atoms in total. The molecule has 0 radical (unpaired) electrons. The minimum Gasteiger partial charge on any atom is -0.534 e. The van der Waals surface area contributed by atoms with Crippen LogP contribution in [0.4, 0.5) is 14.3 Å². The predicted molar refractivity (Wildman–Crippen MR) is 162 cm³/mol. The second kappa shape index (κ2) is 14.7. The molecule has 2 fully saturated rings. The molecular weight excluding hydrogens is 618 g/mol. The number of rotatable bonds is 9. The Morgan fingerprint density at radius 1 is 1.30 bits per heavy atom. The van der Waals surface area contributed by atoms with E-state index >= 15 is 0 Å². The molecule has 17 heteroatoms. The molecule has 236 valence electrons. The van der Waals surface area contributed by atoms with Crippen molar-refractivity contribution in [3.63, 3.8) is 0 Å². The summed E-state index contributed by atoms with van der Waals surface area (Å²) in [5, 5.41) is 15.4. The minimum atomic E-state index is -1.15. The van der Waals surface area contributed by atoms with Crippen molar-refractivity contribution in [2.24, 2.45) is 0 Å². The maximum atomic E-state index is 13.2. The van der Waals surface area contributed by atoms with Gasteiger partial charge in [-0.15, -0.1) is 0 Å². The van der Waals surface area contributed by atoms with E-state index in [4.69, 9.17) is 26.6 Å². The van der Waals surface area contributed by atoms with Crippen LogP contribution in [0.5, 0.6) is 5.75 Å². The summed E-state index contributed by atoms with van der Waals surface area (Å²) in [6.45, 7) is 2.78. The number of nitrogens with one attached hydrogen (secondary N) is 2. The number of carbonyl (C=O) groups excluding carboxylic acids is 3. The number of nitrogen functional groups attached to an aromatic ring is 1. The van der Waals surface area contributed by atoms with Gasteiger partial charge in [-0.25, -0.2) is 19.0 Å². The number of fused-ring (bicyclic) bond motifs is 1. The van der Waals surface area contributed by atoms with Crippen LogP contribution in [0.25, 0.3) is 0 Å². The molecule has 1 saturated carbocycles. The van der Waals surface area contributed by atoms with E-state index in [1.807, 2.05) is 0 Å². The molecule has 2 aliphatic heterocycles. The number of halogens is 2. The van der Waals surface area contributed by atoms with E-state index in [1.165, 1.54) is 38.9 Å². The van der Waals surface area contributed by atoms with E-state index in [0.717, 1.165) is 16.2 Å². The Balaban J connectivity index is 0.00000102. The van der Waals surface area contributed by atoms with Gasteiger partial charge in [-0.3, -0.25) is 14.5 Å². The molecule has 1 aliphatic carbocycles. The van der Waals surface area contributed by atoms with E-state index in [-0.39, 0.29) is 58.2 Å². The molecule has 5 N–H and O–H groups in total. The summed E-state index contributed by atoms with van der Waals surface area (Å²) < 4.78 is 24.2. The molecule has 3 heterocycles. The molecular formula is C27H33BClFN6O7S. The van der Waals surface area contributed by atoms with Crippen LogP contribution >= 0.6 is 22.9 Å². The smallest absolute Gasteiger partial charge is 0.534 e. The molecule has 44 heavy (non-hydrogen) atoms. The number of carbonyl (C=O) groups is 4. The average Bonchev–Trinajstić information content (AvgIpc) is 3.29. The first-order valence-corrected chi connectivity index (χ1v) is 15.1. The van der Waals surface area contributed by atoms with Crippen LogP contribution in [0, 0.1) is 0 Å². The van der Waals surface area contributed by atoms with Gasteiger partial charge in [-0.05, 0) is 18.1 Å². The Morgan fingerprint density at radius 2 is 2.00 bits per heavy atom. The number of urea groups is 1. The van der Waals surface area contributed by atoms with Crippen molar-refractivity contribution < 1.29 is 38.0 Å². The van der Waals surface area contributed by atoms with Crippen LogP contribution in [0.3, 0.4) is 0 Å². The highest BCUT2D eigenvalue weighted by atomic mass is 35.5. The van der Waals surface area contributed by atoms with E-state index < -0.39 is 49.6 Å².